The summed E-state index contributed by atoms with van der Waals surface area (Å²) in [6.45, 7) is 0. The van der Waals surface area contributed by atoms with Gasteiger partial charge in [0.25, 0.3) is 0 Å². The van der Waals surface area contributed by atoms with Crippen LogP contribution in [0.25, 0.3) is 0 Å². The molecular formula is C20H24O4Si3. The van der Waals surface area contributed by atoms with Gasteiger partial charge in [-0.15, -0.1) is 0 Å². The Morgan fingerprint density at radius 3 is 1.11 bits per heavy atom. The summed E-state index contributed by atoms with van der Waals surface area (Å²) in [6, 6.07) is 30.5. The molecular weight excluding hydrogens is 388 g/mol. The van der Waals surface area contributed by atoms with E-state index in [-0.39, 0.29) is 0 Å². The van der Waals surface area contributed by atoms with Crippen molar-refractivity contribution < 1.29 is 18.3 Å². The second-order valence-electron chi connectivity index (χ2n) is 6.06. The van der Waals surface area contributed by atoms with Crippen molar-refractivity contribution in [2.45, 2.75) is 11.4 Å². The minimum absolute atomic E-state index is 0.398. The van der Waals surface area contributed by atoms with E-state index in [4.69, 9.17) is 18.3 Å². The van der Waals surface area contributed by atoms with E-state index in [0.29, 0.717) is 31.5 Å². The first kappa shape index (κ1) is 19.9. The zero-order valence-corrected chi connectivity index (χ0v) is 21.8. The monoisotopic (exact) mass is 412 g/mol. The van der Waals surface area contributed by atoms with Crippen LogP contribution >= 0.6 is 0 Å². The molecule has 0 N–H and O–H groups in total. The normalized spacial score (nSPS) is 14.2. The predicted octanol–water partition coefficient (Wildman–Crippen LogP) is 0.497. The van der Waals surface area contributed by atoms with Gasteiger partial charge in [0.15, 0.2) is 31.5 Å². The Labute approximate surface area is 169 Å². The standard InChI is InChI=1S/C20H24O4Si3/c25-22-20(23-26,21-24-27)19(16-10-4-1-5-11-16,17-12-6-2-7-13-17)18-14-8-3-9-15-18/h1-15H,25-27H3. The highest BCUT2D eigenvalue weighted by atomic mass is 28.2. The molecule has 0 aliphatic heterocycles. The van der Waals surface area contributed by atoms with Crippen molar-refractivity contribution in [1.82, 2.24) is 0 Å². The molecule has 0 atom stereocenters. The van der Waals surface area contributed by atoms with E-state index >= 15 is 0 Å². The summed E-state index contributed by atoms with van der Waals surface area (Å²) in [5, 5.41) is 0. The van der Waals surface area contributed by atoms with Gasteiger partial charge in [-0.1, -0.05) is 91.0 Å². The summed E-state index contributed by atoms with van der Waals surface area (Å²) in [5.41, 5.74) is 2.17. The van der Waals surface area contributed by atoms with Gasteiger partial charge < -0.3 is 8.85 Å². The number of benzene rings is 3. The highest BCUT2D eigenvalue weighted by Crippen LogP contribution is 2.49. The molecule has 0 bridgehead atoms. The predicted molar refractivity (Wildman–Crippen MR) is 116 cm³/mol. The summed E-state index contributed by atoms with van der Waals surface area (Å²) >= 11 is 0. The van der Waals surface area contributed by atoms with Gasteiger partial charge in [-0.2, -0.15) is 4.89 Å². The molecule has 0 spiro atoms. The lowest BCUT2D eigenvalue weighted by Gasteiger charge is -2.48. The van der Waals surface area contributed by atoms with Crippen molar-refractivity contribution in [2.75, 3.05) is 0 Å². The molecule has 140 valence electrons. The first-order valence-corrected chi connectivity index (χ1v) is 11.2. The van der Waals surface area contributed by atoms with Crippen LogP contribution < -0.4 is 0 Å². The van der Waals surface area contributed by atoms with Crippen molar-refractivity contribution in [3.8, 4) is 0 Å². The summed E-state index contributed by atoms with van der Waals surface area (Å²) in [7, 11) is 1.22. The van der Waals surface area contributed by atoms with Gasteiger partial charge >= 0.3 is 5.97 Å². The first-order chi connectivity index (χ1) is 13.2. The highest BCUT2D eigenvalue weighted by molar-refractivity contribution is 6.00. The number of hydrogen-bond acceptors (Lipinski definition) is 4. The van der Waals surface area contributed by atoms with E-state index < -0.39 is 11.4 Å². The third kappa shape index (κ3) is 3.39. The molecule has 0 aromatic heterocycles. The molecule has 0 aliphatic carbocycles. The third-order valence-electron chi connectivity index (χ3n) is 4.81. The molecule has 27 heavy (non-hydrogen) atoms. The third-order valence-corrected chi connectivity index (χ3v) is 6.05. The van der Waals surface area contributed by atoms with Crippen LogP contribution in [-0.2, 0) is 23.7 Å². The molecule has 0 fully saturated rings. The summed E-state index contributed by atoms with van der Waals surface area (Å²) in [5.74, 6) is -1.41. The SMILES string of the molecule is [SiH3]OOC(O[SiH3])(O[SiH3])C(c1ccccc1)(c1ccccc1)c1ccccc1. The fourth-order valence-electron chi connectivity index (χ4n) is 3.72. The van der Waals surface area contributed by atoms with E-state index in [2.05, 4.69) is 36.4 Å². The van der Waals surface area contributed by atoms with Crippen LogP contribution in [0.5, 0.6) is 0 Å². The van der Waals surface area contributed by atoms with Crippen LogP contribution in [0.3, 0.4) is 0 Å². The number of hydrogen-bond donors (Lipinski definition) is 0. The molecule has 0 radical (unpaired) electrons. The second-order valence-corrected chi connectivity index (χ2v) is 7.21. The van der Waals surface area contributed by atoms with Crippen LogP contribution in [0, 0.1) is 0 Å². The van der Waals surface area contributed by atoms with E-state index in [0.717, 1.165) is 16.7 Å². The van der Waals surface area contributed by atoms with Gasteiger partial charge in [0, 0.05) is 0 Å². The Kier molecular flexibility index (Phi) is 6.55. The van der Waals surface area contributed by atoms with Gasteiger partial charge in [0.05, 0.1) is 0 Å². The Hall–Kier alpha value is -1.85. The minimum Gasteiger partial charge on any atom is -0.378 e. The maximum Gasteiger partial charge on any atom is 0.309 e. The summed E-state index contributed by atoms with van der Waals surface area (Å²) < 4.78 is 17.5. The van der Waals surface area contributed by atoms with Crippen molar-refractivity contribution in [1.29, 1.82) is 0 Å². The first-order valence-electron chi connectivity index (χ1n) is 8.74. The molecule has 0 heterocycles. The average Bonchev–Trinajstić information content (AvgIpc) is 2.76. The molecule has 7 heteroatoms. The maximum atomic E-state index is 6.08. The van der Waals surface area contributed by atoms with Gasteiger partial charge in [0.1, 0.15) is 5.41 Å². The van der Waals surface area contributed by atoms with E-state index in [1.165, 1.54) is 0 Å². The van der Waals surface area contributed by atoms with Gasteiger partial charge in [-0.25, -0.2) is 0 Å². The van der Waals surface area contributed by atoms with Crippen molar-refractivity contribution in [2.24, 2.45) is 0 Å². The van der Waals surface area contributed by atoms with Crippen LogP contribution in [-0.4, -0.2) is 37.4 Å². The molecule has 0 amide bonds. The summed E-state index contributed by atoms with van der Waals surface area (Å²) in [6.07, 6.45) is 0. The average molecular weight is 413 g/mol. The number of rotatable bonds is 8. The molecule has 3 aromatic carbocycles. The van der Waals surface area contributed by atoms with E-state index in [9.17, 15) is 0 Å². The van der Waals surface area contributed by atoms with Gasteiger partial charge in [0.2, 0.25) is 0 Å². The zero-order chi connectivity index (χ0) is 19.2. The topological polar surface area (TPSA) is 36.9 Å². The molecule has 4 nitrogen and oxygen atoms in total. The Bertz CT molecular complexity index is 731. The van der Waals surface area contributed by atoms with Crippen LogP contribution in [0.2, 0.25) is 0 Å². The summed E-state index contributed by atoms with van der Waals surface area (Å²) in [4.78, 5) is 5.84. The van der Waals surface area contributed by atoms with Crippen LogP contribution in [0.1, 0.15) is 16.7 Å². The lowest BCUT2D eigenvalue weighted by atomic mass is 9.67. The molecule has 3 aromatic rings. The maximum absolute atomic E-state index is 6.08. The lowest BCUT2D eigenvalue weighted by molar-refractivity contribution is -0.443. The Morgan fingerprint density at radius 2 is 0.852 bits per heavy atom. The molecule has 0 saturated carbocycles. The Morgan fingerprint density at radius 1 is 0.519 bits per heavy atom. The smallest absolute Gasteiger partial charge is 0.309 e. The van der Waals surface area contributed by atoms with Crippen molar-refractivity contribution in [3.05, 3.63) is 108 Å². The fourth-order valence-corrected chi connectivity index (χ4v) is 5.36. The fraction of sp³-hybridized carbons (Fsp3) is 0.100. The molecule has 0 unspecified atom stereocenters. The van der Waals surface area contributed by atoms with E-state index in [1.54, 1.807) is 0 Å². The molecule has 3 rings (SSSR count). The zero-order valence-electron chi connectivity index (χ0n) is 15.8. The van der Waals surface area contributed by atoms with Crippen LogP contribution in [0.15, 0.2) is 91.0 Å². The van der Waals surface area contributed by atoms with E-state index in [1.807, 2.05) is 54.6 Å². The lowest BCUT2D eigenvalue weighted by Crippen LogP contribution is -2.58. The molecule has 0 aliphatic rings. The second kappa shape index (κ2) is 8.89. The van der Waals surface area contributed by atoms with Crippen molar-refractivity contribution >= 4 is 31.5 Å². The largest absolute Gasteiger partial charge is 0.378 e. The van der Waals surface area contributed by atoms with Gasteiger partial charge in [-0.3, -0.25) is 4.58 Å². The van der Waals surface area contributed by atoms with Crippen molar-refractivity contribution in [3.63, 3.8) is 0 Å². The minimum atomic E-state index is -1.41. The molecule has 0 saturated heterocycles. The quantitative estimate of drug-likeness (QED) is 0.177. The Balaban J connectivity index is 2.46. The van der Waals surface area contributed by atoms with Crippen LogP contribution in [0.4, 0.5) is 0 Å². The van der Waals surface area contributed by atoms with Gasteiger partial charge in [-0.05, 0) is 16.7 Å². The highest BCUT2D eigenvalue weighted by Gasteiger charge is 2.58.